The number of nitrogens with zero attached hydrogens (tertiary/aromatic N) is 2. The third kappa shape index (κ3) is 4.92. The van der Waals surface area contributed by atoms with Gasteiger partial charge in [-0.15, -0.1) is 0 Å². The van der Waals surface area contributed by atoms with E-state index in [1.807, 2.05) is 12.1 Å². The van der Waals surface area contributed by atoms with Crippen LogP contribution >= 0.6 is 23.2 Å². The fourth-order valence-electron chi connectivity index (χ4n) is 1.79. The summed E-state index contributed by atoms with van der Waals surface area (Å²) in [6.45, 7) is 0.601. The summed E-state index contributed by atoms with van der Waals surface area (Å²) in [5, 5.41) is 3.73. The van der Waals surface area contributed by atoms with Gasteiger partial charge in [-0.05, 0) is 42.3 Å². The van der Waals surface area contributed by atoms with Crippen molar-refractivity contribution in [2.45, 2.75) is 6.42 Å². The number of rotatable bonds is 4. The number of anilines is 1. The van der Waals surface area contributed by atoms with Crippen LogP contribution in [0.1, 0.15) is 5.56 Å². The average molecular weight is 324 g/mol. The zero-order valence-corrected chi connectivity index (χ0v) is 13.0. The molecule has 0 saturated heterocycles. The van der Waals surface area contributed by atoms with Gasteiger partial charge in [-0.25, -0.2) is 4.79 Å². The number of aromatic nitrogens is 1. The van der Waals surface area contributed by atoms with E-state index in [2.05, 4.69) is 10.3 Å². The summed E-state index contributed by atoms with van der Waals surface area (Å²) >= 11 is 11.8. The molecule has 0 unspecified atom stereocenters. The Morgan fingerprint density at radius 2 is 1.81 bits per heavy atom. The van der Waals surface area contributed by atoms with Crippen LogP contribution in [0, 0.1) is 0 Å². The van der Waals surface area contributed by atoms with Crippen LogP contribution in [0.4, 0.5) is 10.5 Å². The van der Waals surface area contributed by atoms with Crippen molar-refractivity contribution in [3.8, 4) is 0 Å². The maximum Gasteiger partial charge on any atom is 0.321 e. The molecule has 0 bridgehead atoms. The molecule has 4 nitrogen and oxygen atoms in total. The van der Waals surface area contributed by atoms with Gasteiger partial charge in [-0.1, -0.05) is 23.2 Å². The zero-order valence-electron chi connectivity index (χ0n) is 11.5. The number of pyridine rings is 1. The zero-order chi connectivity index (χ0) is 15.2. The summed E-state index contributed by atoms with van der Waals surface area (Å²) in [4.78, 5) is 17.6. The number of hydrogen-bond donors (Lipinski definition) is 1. The van der Waals surface area contributed by atoms with Gasteiger partial charge >= 0.3 is 6.03 Å². The van der Waals surface area contributed by atoms with Crippen LogP contribution < -0.4 is 5.32 Å². The second-order valence-corrected chi connectivity index (χ2v) is 5.49. The smallest absolute Gasteiger partial charge is 0.321 e. The highest BCUT2D eigenvalue weighted by Crippen LogP contribution is 2.22. The first kappa shape index (κ1) is 15.6. The summed E-state index contributed by atoms with van der Waals surface area (Å²) in [6.07, 6.45) is 4.25. The van der Waals surface area contributed by atoms with Gasteiger partial charge in [-0.3, -0.25) is 4.98 Å². The number of amides is 2. The van der Waals surface area contributed by atoms with Crippen LogP contribution in [0.25, 0.3) is 0 Å². The van der Waals surface area contributed by atoms with Crippen molar-refractivity contribution in [2.24, 2.45) is 0 Å². The van der Waals surface area contributed by atoms with Gasteiger partial charge in [0.1, 0.15) is 0 Å². The largest absolute Gasteiger partial charge is 0.327 e. The van der Waals surface area contributed by atoms with Crippen molar-refractivity contribution in [3.05, 3.63) is 58.3 Å². The second kappa shape index (κ2) is 7.29. The highest BCUT2D eigenvalue weighted by molar-refractivity contribution is 6.35. The van der Waals surface area contributed by atoms with Gasteiger partial charge in [-0.2, -0.15) is 0 Å². The molecule has 2 rings (SSSR count). The molecule has 1 aromatic heterocycles. The quantitative estimate of drug-likeness (QED) is 0.920. The second-order valence-electron chi connectivity index (χ2n) is 4.62. The Labute approximate surface area is 133 Å². The summed E-state index contributed by atoms with van der Waals surface area (Å²) in [5.74, 6) is 0. The van der Waals surface area contributed by atoms with Crippen molar-refractivity contribution in [1.82, 2.24) is 9.88 Å². The molecule has 0 radical (unpaired) electrons. The maximum absolute atomic E-state index is 12.1. The number of benzene rings is 1. The summed E-state index contributed by atoms with van der Waals surface area (Å²) in [7, 11) is 1.74. The van der Waals surface area contributed by atoms with Crippen LogP contribution in [0.3, 0.4) is 0 Å². The first-order chi connectivity index (χ1) is 10.0. The Morgan fingerprint density at radius 1 is 1.19 bits per heavy atom. The molecule has 21 heavy (non-hydrogen) atoms. The highest BCUT2D eigenvalue weighted by atomic mass is 35.5. The van der Waals surface area contributed by atoms with Crippen LogP contribution in [0.15, 0.2) is 42.7 Å². The molecule has 6 heteroatoms. The molecule has 1 N–H and O–H groups in total. The van der Waals surface area contributed by atoms with Crippen LogP contribution in [-0.2, 0) is 6.42 Å². The molecule has 0 aliphatic heterocycles. The maximum atomic E-state index is 12.1. The SMILES string of the molecule is CN(CCc1ccncc1)C(=O)Nc1cc(Cl)cc(Cl)c1. The van der Waals surface area contributed by atoms with E-state index in [-0.39, 0.29) is 6.03 Å². The van der Waals surface area contributed by atoms with E-state index in [1.165, 1.54) is 0 Å². The van der Waals surface area contributed by atoms with Gasteiger partial charge in [0, 0.05) is 41.7 Å². The molecule has 2 amide bonds. The summed E-state index contributed by atoms with van der Waals surface area (Å²) in [5.41, 5.74) is 1.71. The Hall–Kier alpha value is -1.78. The van der Waals surface area contributed by atoms with Crippen LogP contribution in [0.2, 0.25) is 10.0 Å². The number of carbonyl (C=O) groups excluding carboxylic acids is 1. The fraction of sp³-hybridized carbons (Fsp3) is 0.200. The standard InChI is InChI=1S/C15H15Cl2N3O/c1-20(7-4-11-2-5-18-6-3-11)15(21)19-14-9-12(16)8-13(17)10-14/h2-3,5-6,8-10H,4,7H2,1H3,(H,19,21). The molecule has 1 heterocycles. The van der Waals surface area contributed by atoms with E-state index < -0.39 is 0 Å². The molecule has 0 aliphatic carbocycles. The van der Waals surface area contributed by atoms with E-state index >= 15 is 0 Å². The Bertz CT molecular complexity index is 599. The molecule has 1 aromatic carbocycles. The number of likely N-dealkylation sites (N-methyl/N-ethyl adjacent to an activating group) is 1. The lowest BCUT2D eigenvalue weighted by Gasteiger charge is -2.18. The van der Waals surface area contributed by atoms with Crippen molar-refractivity contribution in [2.75, 3.05) is 18.9 Å². The minimum absolute atomic E-state index is 0.206. The molecular weight excluding hydrogens is 309 g/mol. The number of nitrogens with one attached hydrogen (secondary N) is 1. The summed E-state index contributed by atoms with van der Waals surface area (Å²) < 4.78 is 0. The first-order valence-corrected chi connectivity index (χ1v) is 7.17. The fourth-order valence-corrected chi connectivity index (χ4v) is 2.32. The van der Waals surface area contributed by atoms with Crippen LogP contribution in [-0.4, -0.2) is 29.5 Å². The third-order valence-electron chi connectivity index (χ3n) is 2.95. The van der Waals surface area contributed by atoms with E-state index in [0.717, 1.165) is 12.0 Å². The molecule has 0 atom stereocenters. The van der Waals surface area contributed by atoms with Crippen LogP contribution in [0.5, 0.6) is 0 Å². The van der Waals surface area contributed by atoms with E-state index in [9.17, 15) is 4.79 Å². The molecule has 0 fully saturated rings. The van der Waals surface area contributed by atoms with Crippen molar-refractivity contribution < 1.29 is 4.79 Å². The Balaban J connectivity index is 1.90. The molecule has 0 saturated carbocycles. The van der Waals surface area contributed by atoms with Crippen molar-refractivity contribution >= 4 is 34.9 Å². The van der Waals surface area contributed by atoms with Crippen molar-refractivity contribution in [1.29, 1.82) is 0 Å². The predicted molar refractivity (Wildman–Crippen MR) is 86.1 cm³/mol. The van der Waals surface area contributed by atoms with Gasteiger partial charge in [0.15, 0.2) is 0 Å². The normalized spacial score (nSPS) is 10.2. The van der Waals surface area contributed by atoms with Gasteiger partial charge in [0.25, 0.3) is 0 Å². The lowest BCUT2D eigenvalue weighted by Crippen LogP contribution is -2.33. The summed E-state index contributed by atoms with van der Waals surface area (Å²) in [6, 6.07) is 8.59. The van der Waals surface area contributed by atoms with Gasteiger partial charge < -0.3 is 10.2 Å². The lowest BCUT2D eigenvalue weighted by molar-refractivity contribution is 0.223. The molecule has 0 aliphatic rings. The Morgan fingerprint density at radius 3 is 2.43 bits per heavy atom. The molecule has 110 valence electrons. The minimum Gasteiger partial charge on any atom is -0.327 e. The van der Waals surface area contributed by atoms with E-state index in [1.54, 1.807) is 42.5 Å². The van der Waals surface area contributed by atoms with Crippen molar-refractivity contribution in [3.63, 3.8) is 0 Å². The highest BCUT2D eigenvalue weighted by Gasteiger charge is 2.09. The molecular formula is C15H15Cl2N3O. The number of hydrogen-bond acceptors (Lipinski definition) is 2. The average Bonchev–Trinajstić information content (AvgIpc) is 2.44. The monoisotopic (exact) mass is 323 g/mol. The number of halogens is 2. The van der Waals surface area contributed by atoms with Gasteiger partial charge in [0.2, 0.25) is 0 Å². The van der Waals surface area contributed by atoms with Gasteiger partial charge in [0.05, 0.1) is 0 Å². The Kier molecular flexibility index (Phi) is 5.42. The van der Waals surface area contributed by atoms with E-state index in [0.29, 0.717) is 22.3 Å². The third-order valence-corrected chi connectivity index (χ3v) is 3.38. The predicted octanol–water partition coefficient (Wildman–Crippen LogP) is 4.09. The minimum atomic E-state index is -0.206. The first-order valence-electron chi connectivity index (χ1n) is 6.42. The molecule has 0 spiro atoms. The number of urea groups is 1. The van der Waals surface area contributed by atoms with E-state index in [4.69, 9.17) is 23.2 Å². The number of carbonyl (C=O) groups is 1. The lowest BCUT2D eigenvalue weighted by atomic mass is 10.2. The molecule has 2 aromatic rings. The topological polar surface area (TPSA) is 45.2 Å².